The maximum Gasteiger partial charge on any atom is 0.277 e. The molecule has 26 heavy (non-hydrogen) atoms. The molecule has 0 aliphatic carbocycles. The molecular formula is C17H18ClN5O2S. The Morgan fingerprint density at radius 3 is 2.62 bits per heavy atom. The number of hydrogen-bond acceptors (Lipinski definition) is 6. The minimum absolute atomic E-state index is 0.154. The van der Waals surface area contributed by atoms with Crippen molar-refractivity contribution >= 4 is 35.1 Å². The van der Waals surface area contributed by atoms with Crippen molar-refractivity contribution in [1.82, 2.24) is 20.0 Å². The molecule has 136 valence electrons. The van der Waals surface area contributed by atoms with Crippen LogP contribution in [0.5, 0.6) is 0 Å². The maximum atomic E-state index is 12.4. The first-order valence-corrected chi connectivity index (χ1v) is 9.30. The Labute approximate surface area is 160 Å². The van der Waals surface area contributed by atoms with Crippen molar-refractivity contribution in [2.45, 2.75) is 37.3 Å². The Hall–Kier alpha value is -2.32. The van der Waals surface area contributed by atoms with E-state index in [0.29, 0.717) is 22.0 Å². The number of hydrogen-bond donors (Lipinski definition) is 1. The minimum atomic E-state index is -0.413. The lowest BCUT2D eigenvalue weighted by molar-refractivity contribution is -0.115. The number of rotatable bonds is 6. The highest BCUT2D eigenvalue weighted by Gasteiger charge is 2.20. The average Bonchev–Trinajstić information content (AvgIpc) is 3.25. The number of carbonyl (C=O) groups is 1. The van der Waals surface area contributed by atoms with Gasteiger partial charge in [-0.25, -0.2) is 4.68 Å². The molecule has 0 bridgehead atoms. The quantitative estimate of drug-likeness (QED) is 0.631. The SMILES string of the molecule is CC(Sc1nnc(-c2ccc(Cl)cc2)o1)C(=O)Nc1ccnn1C(C)C. The lowest BCUT2D eigenvalue weighted by Gasteiger charge is -2.13. The van der Waals surface area contributed by atoms with E-state index < -0.39 is 5.25 Å². The van der Waals surface area contributed by atoms with E-state index in [0.717, 1.165) is 5.56 Å². The minimum Gasteiger partial charge on any atom is -0.411 e. The van der Waals surface area contributed by atoms with Gasteiger partial charge in [-0.05, 0) is 45.0 Å². The molecule has 0 aliphatic heterocycles. The predicted octanol–water partition coefficient (Wildman–Crippen LogP) is 4.29. The summed E-state index contributed by atoms with van der Waals surface area (Å²) in [6.07, 6.45) is 1.66. The van der Waals surface area contributed by atoms with Crippen molar-refractivity contribution in [2.24, 2.45) is 0 Å². The van der Waals surface area contributed by atoms with E-state index in [9.17, 15) is 4.79 Å². The third-order valence-electron chi connectivity index (χ3n) is 3.56. The van der Waals surface area contributed by atoms with Gasteiger partial charge >= 0.3 is 0 Å². The lowest BCUT2D eigenvalue weighted by atomic mass is 10.2. The molecule has 0 saturated heterocycles. The zero-order valence-electron chi connectivity index (χ0n) is 14.5. The van der Waals surface area contributed by atoms with Gasteiger partial charge in [-0.2, -0.15) is 5.10 Å². The van der Waals surface area contributed by atoms with Crippen LogP contribution in [0.1, 0.15) is 26.8 Å². The summed E-state index contributed by atoms with van der Waals surface area (Å²) in [6.45, 7) is 5.78. The number of carbonyl (C=O) groups excluding carboxylic acids is 1. The third kappa shape index (κ3) is 4.25. The number of aromatic nitrogens is 4. The van der Waals surface area contributed by atoms with E-state index in [-0.39, 0.29) is 11.9 Å². The van der Waals surface area contributed by atoms with Crippen LogP contribution < -0.4 is 5.32 Å². The molecule has 0 saturated carbocycles. The van der Waals surface area contributed by atoms with Crippen molar-refractivity contribution in [3.8, 4) is 11.5 Å². The third-order valence-corrected chi connectivity index (χ3v) is 4.74. The fourth-order valence-electron chi connectivity index (χ4n) is 2.22. The second-order valence-corrected chi connectivity index (χ2v) is 7.61. The normalized spacial score (nSPS) is 12.3. The zero-order chi connectivity index (χ0) is 18.7. The van der Waals surface area contributed by atoms with Crippen LogP contribution in [0.2, 0.25) is 5.02 Å². The first-order valence-electron chi connectivity index (χ1n) is 8.04. The fourth-order valence-corrected chi connectivity index (χ4v) is 3.03. The average molecular weight is 392 g/mol. The molecule has 3 aromatic rings. The van der Waals surface area contributed by atoms with E-state index in [4.69, 9.17) is 16.0 Å². The Morgan fingerprint density at radius 1 is 1.19 bits per heavy atom. The standard InChI is InChI=1S/C17H18ClN5O2S/c1-10(2)23-14(8-9-19-23)20-15(24)11(3)26-17-22-21-16(25-17)12-4-6-13(18)7-5-12/h4-11H,1-3H3,(H,20,24). The molecule has 1 atom stereocenters. The maximum absolute atomic E-state index is 12.4. The summed E-state index contributed by atoms with van der Waals surface area (Å²) >= 11 is 7.07. The molecule has 0 aliphatic rings. The molecule has 0 fully saturated rings. The predicted molar refractivity (Wildman–Crippen MR) is 101 cm³/mol. The highest BCUT2D eigenvalue weighted by Crippen LogP contribution is 2.27. The zero-order valence-corrected chi connectivity index (χ0v) is 16.1. The first kappa shape index (κ1) is 18.5. The largest absolute Gasteiger partial charge is 0.411 e. The summed E-state index contributed by atoms with van der Waals surface area (Å²) in [5, 5.41) is 15.6. The van der Waals surface area contributed by atoms with E-state index in [1.165, 1.54) is 11.8 Å². The summed E-state index contributed by atoms with van der Waals surface area (Å²) in [7, 11) is 0. The Kier molecular flexibility index (Phi) is 5.63. The van der Waals surface area contributed by atoms with E-state index in [1.807, 2.05) is 13.8 Å². The van der Waals surface area contributed by atoms with Crippen molar-refractivity contribution in [1.29, 1.82) is 0 Å². The highest BCUT2D eigenvalue weighted by molar-refractivity contribution is 8.00. The van der Waals surface area contributed by atoms with Gasteiger partial charge in [-0.15, -0.1) is 10.2 Å². The van der Waals surface area contributed by atoms with Gasteiger partial charge in [-0.1, -0.05) is 23.4 Å². The van der Waals surface area contributed by atoms with Crippen LogP contribution >= 0.6 is 23.4 Å². The molecule has 2 heterocycles. The second kappa shape index (κ2) is 7.92. The van der Waals surface area contributed by atoms with Crippen molar-refractivity contribution in [3.05, 3.63) is 41.6 Å². The van der Waals surface area contributed by atoms with Gasteiger partial charge in [0.15, 0.2) is 0 Å². The molecule has 0 radical (unpaired) electrons. The number of nitrogens with zero attached hydrogens (tertiary/aromatic N) is 4. The van der Waals surface area contributed by atoms with Crippen LogP contribution in [0.3, 0.4) is 0 Å². The molecular weight excluding hydrogens is 374 g/mol. The second-order valence-electron chi connectivity index (χ2n) is 5.88. The van der Waals surface area contributed by atoms with Gasteiger partial charge in [0, 0.05) is 22.7 Å². The van der Waals surface area contributed by atoms with Gasteiger partial charge < -0.3 is 9.73 Å². The molecule has 9 heteroatoms. The molecule has 0 spiro atoms. The molecule has 1 N–H and O–H groups in total. The molecule has 1 aromatic carbocycles. The summed E-state index contributed by atoms with van der Waals surface area (Å²) in [5.74, 6) is 0.878. The number of halogens is 1. The van der Waals surface area contributed by atoms with E-state index in [2.05, 4.69) is 20.6 Å². The van der Waals surface area contributed by atoms with Crippen LogP contribution in [-0.4, -0.2) is 31.1 Å². The molecule has 7 nitrogen and oxygen atoms in total. The van der Waals surface area contributed by atoms with E-state index in [1.54, 1.807) is 48.1 Å². The summed E-state index contributed by atoms with van der Waals surface area (Å²) in [6, 6.07) is 9.02. The van der Waals surface area contributed by atoms with Crippen molar-refractivity contribution in [2.75, 3.05) is 5.32 Å². The fraction of sp³-hybridized carbons (Fsp3) is 0.294. The van der Waals surface area contributed by atoms with Crippen LogP contribution in [0, 0.1) is 0 Å². The lowest BCUT2D eigenvalue weighted by Crippen LogP contribution is -2.24. The smallest absolute Gasteiger partial charge is 0.277 e. The highest BCUT2D eigenvalue weighted by atomic mass is 35.5. The van der Waals surface area contributed by atoms with Crippen LogP contribution in [0.25, 0.3) is 11.5 Å². The van der Waals surface area contributed by atoms with Crippen LogP contribution in [0.4, 0.5) is 5.82 Å². The summed E-state index contributed by atoms with van der Waals surface area (Å²) in [5.41, 5.74) is 0.770. The first-order chi connectivity index (χ1) is 12.4. The Bertz CT molecular complexity index is 891. The molecule has 1 amide bonds. The number of thioether (sulfide) groups is 1. The van der Waals surface area contributed by atoms with Gasteiger partial charge in [0.05, 0.1) is 11.4 Å². The van der Waals surface area contributed by atoms with Crippen molar-refractivity contribution < 1.29 is 9.21 Å². The number of amides is 1. The van der Waals surface area contributed by atoms with Crippen LogP contribution in [0.15, 0.2) is 46.2 Å². The van der Waals surface area contributed by atoms with Gasteiger partial charge in [0.1, 0.15) is 5.82 Å². The molecule has 3 rings (SSSR count). The topological polar surface area (TPSA) is 85.8 Å². The Balaban J connectivity index is 1.64. The Morgan fingerprint density at radius 2 is 1.92 bits per heavy atom. The van der Waals surface area contributed by atoms with Gasteiger partial charge in [0.25, 0.3) is 5.22 Å². The monoisotopic (exact) mass is 391 g/mol. The van der Waals surface area contributed by atoms with E-state index >= 15 is 0 Å². The number of anilines is 1. The molecule has 2 aromatic heterocycles. The van der Waals surface area contributed by atoms with Gasteiger partial charge in [-0.3, -0.25) is 4.79 Å². The summed E-state index contributed by atoms with van der Waals surface area (Å²) < 4.78 is 7.38. The number of nitrogens with one attached hydrogen (secondary N) is 1. The van der Waals surface area contributed by atoms with Crippen molar-refractivity contribution in [3.63, 3.8) is 0 Å². The summed E-state index contributed by atoms with van der Waals surface area (Å²) in [4.78, 5) is 12.4. The van der Waals surface area contributed by atoms with Crippen LogP contribution in [-0.2, 0) is 4.79 Å². The van der Waals surface area contributed by atoms with Gasteiger partial charge in [0.2, 0.25) is 11.8 Å². The molecule has 1 unspecified atom stereocenters. The number of benzene rings is 1.